The summed E-state index contributed by atoms with van der Waals surface area (Å²) in [5.74, 6) is 1.58. The Balaban J connectivity index is 1.19. The molecule has 0 amide bonds. The van der Waals surface area contributed by atoms with E-state index >= 15 is 0 Å². The Bertz CT molecular complexity index is 1900. The van der Waals surface area contributed by atoms with Crippen molar-refractivity contribution in [2.24, 2.45) is 7.05 Å². The number of halogens is 1. The molecule has 48 heavy (non-hydrogen) atoms. The fourth-order valence-corrected chi connectivity index (χ4v) is 8.07. The lowest BCUT2D eigenvalue weighted by Crippen LogP contribution is -2.52. The number of benzene rings is 2. The highest BCUT2D eigenvalue weighted by atomic mass is 35.5. The second-order valence-corrected chi connectivity index (χ2v) is 15.0. The quantitative estimate of drug-likeness (QED) is 0.177. The summed E-state index contributed by atoms with van der Waals surface area (Å²) in [5.41, 5.74) is 6.59. The number of methoxy groups -OCH3 is 1. The number of nitrogens with zero attached hydrogens (tertiary/aromatic N) is 8. The number of aromatic nitrogens is 6. The van der Waals surface area contributed by atoms with Gasteiger partial charge >= 0.3 is 0 Å². The second-order valence-electron chi connectivity index (χ2n) is 12.4. The average molecular weight is 686 g/mol. The Kier molecular flexibility index (Phi) is 9.59. The molecule has 0 radical (unpaired) electrons. The molecule has 5 aromatic rings. The van der Waals surface area contributed by atoms with Crippen molar-refractivity contribution in [2.45, 2.75) is 18.9 Å². The number of anilines is 5. The van der Waals surface area contributed by atoms with E-state index in [-0.39, 0.29) is 0 Å². The Morgan fingerprint density at radius 3 is 2.48 bits per heavy atom. The molecule has 250 valence electrons. The molecule has 0 spiro atoms. The van der Waals surface area contributed by atoms with Gasteiger partial charge in [-0.15, -0.1) is 0 Å². The van der Waals surface area contributed by atoms with E-state index in [0.29, 0.717) is 28.6 Å². The van der Waals surface area contributed by atoms with E-state index in [2.05, 4.69) is 71.3 Å². The van der Waals surface area contributed by atoms with Crippen LogP contribution in [-0.2, 0) is 7.05 Å². The van der Waals surface area contributed by atoms with E-state index in [1.54, 1.807) is 25.7 Å². The summed E-state index contributed by atoms with van der Waals surface area (Å²) in [5, 5.41) is 16.4. The smallest absolute Gasteiger partial charge is 0.229 e. The number of ether oxygens (including phenoxy) is 1. The molecule has 0 aliphatic carbocycles. The second kappa shape index (κ2) is 14.2. The number of rotatable bonds is 9. The zero-order chi connectivity index (χ0) is 33.2. The van der Waals surface area contributed by atoms with Crippen LogP contribution in [0.4, 0.5) is 28.8 Å². The molecule has 14 heteroatoms. The van der Waals surface area contributed by atoms with Crippen molar-refractivity contribution in [2.75, 3.05) is 75.2 Å². The molecule has 0 atom stereocenters. The van der Waals surface area contributed by atoms with Crippen LogP contribution in [0.25, 0.3) is 22.2 Å². The summed E-state index contributed by atoms with van der Waals surface area (Å²) in [7, 11) is 3.11. The van der Waals surface area contributed by atoms with Gasteiger partial charge < -0.3 is 25.6 Å². The molecular weight excluding hydrogens is 645 g/mol. The van der Waals surface area contributed by atoms with Crippen molar-refractivity contribution in [3.05, 3.63) is 60.3 Å². The largest absolute Gasteiger partial charge is 0.494 e. The normalized spacial score (nSPS) is 16.1. The fraction of sp³-hybridized carbons (Fsp3) is 0.382. The van der Waals surface area contributed by atoms with Gasteiger partial charge in [0, 0.05) is 91.7 Å². The zero-order valence-corrected chi connectivity index (χ0v) is 29.4. The van der Waals surface area contributed by atoms with Gasteiger partial charge in [0.2, 0.25) is 5.95 Å². The van der Waals surface area contributed by atoms with Crippen LogP contribution in [0.2, 0.25) is 5.02 Å². The van der Waals surface area contributed by atoms with Crippen LogP contribution >= 0.6 is 19.5 Å². The van der Waals surface area contributed by atoms with Gasteiger partial charge in [0.1, 0.15) is 10.8 Å². The minimum atomic E-state index is -0.515. The van der Waals surface area contributed by atoms with Gasteiger partial charge in [-0.05, 0) is 57.5 Å². The number of hydrogen-bond acceptors (Lipinski definition) is 11. The molecule has 0 bridgehead atoms. The molecule has 3 aromatic heterocycles. The van der Waals surface area contributed by atoms with E-state index in [0.717, 1.165) is 83.8 Å². The third-order valence-electron chi connectivity index (χ3n) is 9.12. The maximum Gasteiger partial charge on any atom is 0.229 e. The first kappa shape index (κ1) is 32.5. The van der Waals surface area contributed by atoms with Crippen LogP contribution in [0.5, 0.6) is 5.75 Å². The Labute approximate surface area is 287 Å². The van der Waals surface area contributed by atoms with E-state index in [1.165, 1.54) is 12.8 Å². The summed E-state index contributed by atoms with van der Waals surface area (Å²) in [6.45, 7) is 10.6. The first-order valence-corrected chi connectivity index (χ1v) is 18.9. The lowest BCUT2D eigenvalue weighted by molar-refractivity contribution is 0.153. The Morgan fingerprint density at radius 2 is 1.75 bits per heavy atom. The van der Waals surface area contributed by atoms with Crippen molar-refractivity contribution in [3.8, 4) is 16.9 Å². The molecule has 2 fully saturated rings. The highest BCUT2D eigenvalue weighted by Gasteiger charge is 2.27. The SMILES string of the molecule is COc1cc(N2CCN(C3CCNCC3)CC2)c(-c2cnn(C)c2)cc1Nc1ncc(Cl)c(Nc2ccc3nccnc3c2P(C)C)n1. The van der Waals surface area contributed by atoms with Gasteiger partial charge in [0.15, 0.2) is 5.82 Å². The van der Waals surface area contributed by atoms with Crippen LogP contribution in [0, 0.1) is 0 Å². The van der Waals surface area contributed by atoms with Crippen molar-refractivity contribution >= 4 is 64.7 Å². The highest BCUT2D eigenvalue weighted by molar-refractivity contribution is 7.65. The molecule has 0 unspecified atom stereocenters. The van der Waals surface area contributed by atoms with Crippen LogP contribution in [0.1, 0.15) is 12.8 Å². The van der Waals surface area contributed by atoms with Crippen molar-refractivity contribution in [3.63, 3.8) is 0 Å². The summed E-state index contributed by atoms with van der Waals surface area (Å²) in [6, 6.07) is 8.86. The molecule has 12 nitrogen and oxygen atoms in total. The molecule has 2 aliphatic heterocycles. The Hall–Kier alpha value is -4.09. The van der Waals surface area contributed by atoms with E-state index in [1.807, 2.05) is 36.3 Å². The van der Waals surface area contributed by atoms with Crippen molar-refractivity contribution < 1.29 is 4.74 Å². The van der Waals surface area contributed by atoms with E-state index in [9.17, 15) is 0 Å². The van der Waals surface area contributed by atoms with E-state index in [4.69, 9.17) is 21.3 Å². The number of piperidine rings is 1. The number of fused-ring (bicyclic) bond motifs is 1. The molecule has 2 aromatic carbocycles. The molecule has 5 heterocycles. The minimum absolute atomic E-state index is 0.387. The van der Waals surface area contributed by atoms with Gasteiger partial charge in [-0.25, -0.2) is 4.98 Å². The molecular formula is C34H41ClN11OP. The summed E-state index contributed by atoms with van der Waals surface area (Å²) < 4.78 is 7.79. The summed E-state index contributed by atoms with van der Waals surface area (Å²) in [6.07, 6.45) is 11.4. The van der Waals surface area contributed by atoms with Gasteiger partial charge in [0.25, 0.3) is 0 Å². The lowest BCUT2D eigenvalue weighted by atomic mass is 10.0. The van der Waals surface area contributed by atoms with Gasteiger partial charge in [0.05, 0.1) is 36.2 Å². The summed E-state index contributed by atoms with van der Waals surface area (Å²) in [4.78, 5) is 23.6. The predicted molar refractivity (Wildman–Crippen MR) is 196 cm³/mol. The lowest BCUT2D eigenvalue weighted by Gasteiger charge is -2.42. The van der Waals surface area contributed by atoms with Crippen LogP contribution in [0.3, 0.4) is 0 Å². The number of piperazine rings is 1. The highest BCUT2D eigenvalue weighted by Crippen LogP contribution is 2.41. The monoisotopic (exact) mass is 685 g/mol. The molecule has 2 saturated heterocycles. The van der Waals surface area contributed by atoms with Gasteiger partial charge in [-0.3, -0.25) is 19.5 Å². The van der Waals surface area contributed by atoms with Crippen molar-refractivity contribution in [1.82, 2.24) is 39.9 Å². The predicted octanol–water partition coefficient (Wildman–Crippen LogP) is 5.21. The number of nitrogens with one attached hydrogen (secondary N) is 3. The topological polar surface area (TPSA) is 121 Å². The zero-order valence-electron chi connectivity index (χ0n) is 27.7. The minimum Gasteiger partial charge on any atom is -0.494 e. The van der Waals surface area contributed by atoms with Crippen molar-refractivity contribution in [1.29, 1.82) is 0 Å². The van der Waals surface area contributed by atoms with E-state index < -0.39 is 7.92 Å². The summed E-state index contributed by atoms with van der Waals surface area (Å²) >= 11 is 6.65. The Morgan fingerprint density at radius 1 is 0.958 bits per heavy atom. The maximum absolute atomic E-state index is 6.65. The van der Waals surface area contributed by atoms with Gasteiger partial charge in [-0.2, -0.15) is 10.1 Å². The third-order valence-corrected chi connectivity index (χ3v) is 10.7. The maximum atomic E-state index is 6.65. The molecule has 0 saturated carbocycles. The van der Waals surface area contributed by atoms with Crippen LogP contribution in [-0.4, -0.2) is 100 Å². The average Bonchev–Trinajstić information content (AvgIpc) is 3.55. The molecule has 7 rings (SSSR count). The van der Waals surface area contributed by atoms with Crippen LogP contribution in [0.15, 0.2) is 55.2 Å². The number of hydrogen-bond donors (Lipinski definition) is 3. The first-order valence-electron chi connectivity index (χ1n) is 16.3. The first-order chi connectivity index (χ1) is 23.4. The van der Waals surface area contributed by atoms with Gasteiger partial charge in [-0.1, -0.05) is 19.5 Å². The van der Waals surface area contributed by atoms with Crippen LogP contribution < -0.4 is 30.9 Å². The fourth-order valence-electron chi connectivity index (χ4n) is 6.73. The number of aryl methyl sites for hydroxylation is 1. The molecule has 2 aliphatic rings. The molecule has 3 N–H and O–H groups in total. The standard InChI is InChI=1S/C34H41ClN11OP/c1-44-21-22(19-40-44)24-17-28(30(47-2)18-29(24)46-15-13-45(14-16-46)23-7-9-36-10-8-23)42-34-39-20-25(35)33(43-34)41-27-6-5-26-31(32(27)48(3)4)38-12-11-37-26/h5-6,11-12,17-21,23,36H,7-10,13-16H2,1-4H3,(H2,39,41,42,43). The third kappa shape index (κ3) is 6.75.